The molecular formula is C19H28N4. The highest BCUT2D eigenvalue weighted by Gasteiger charge is 2.25. The van der Waals surface area contributed by atoms with Crippen molar-refractivity contribution in [3.63, 3.8) is 0 Å². The van der Waals surface area contributed by atoms with Crippen molar-refractivity contribution in [2.75, 3.05) is 13.1 Å². The van der Waals surface area contributed by atoms with Crippen molar-refractivity contribution in [3.8, 4) is 0 Å². The highest BCUT2D eigenvalue weighted by Crippen LogP contribution is 2.25. The molecule has 0 aliphatic carbocycles. The normalized spacial score (nSPS) is 18.9. The van der Waals surface area contributed by atoms with Gasteiger partial charge < -0.3 is 0 Å². The molecule has 0 bridgehead atoms. The number of hydrogen-bond acceptors (Lipinski definition) is 3. The Bertz CT molecular complexity index is 645. The fourth-order valence-corrected chi connectivity index (χ4v) is 3.73. The molecule has 3 rings (SSSR count). The van der Waals surface area contributed by atoms with Gasteiger partial charge in [-0.05, 0) is 64.6 Å². The number of likely N-dealkylation sites (tertiary alicyclic amines) is 1. The summed E-state index contributed by atoms with van der Waals surface area (Å²) in [6, 6.07) is 4.66. The zero-order valence-corrected chi connectivity index (χ0v) is 14.8. The molecule has 0 saturated carbocycles. The fraction of sp³-hybridized carbons (Fsp3) is 0.579. The van der Waals surface area contributed by atoms with Crippen molar-refractivity contribution < 1.29 is 0 Å². The molecule has 124 valence electrons. The molecule has 4 nitrogen and oxygen atoms in total. The average molecular weight is 312 g/mol. The van der Waals surface area contributed by atoms with E-state index in [-0.39, 0.29) is 0 Å². The third kappa shape index (κ3) is 3.63. The molecule has 4 heteroatoms. The molecule has 1 aliphatic heterocycles. The Labute approximate surface area is 139 Å². The second-order valence-electron chi connectivity index (χ2n) is 7.14. The van der Waals surface area contributed by atoms with Crippen molar-refractivity contribution in [1.29, 1.82) is 0 Å². The molecule has 0 spiro atoms. The van der Waals surface area contributed by atoms with E-state index in [1.54, 1.807) is 0 Å². The highest BCUT2D eigenvalue weighted by atomic mass is 15.3. The van der Waals surface area contributed by atoms with Crippen molar-refractivity contribution in [3.05, 3.63) is 47.0 Å². The van der Waals surface area contributed by atoms with Gasteiger partial charge in [-0.1, -0.05) is 6.07 Å². The van der Waals surface area contributed by atoms with Crippen LogP contribution in [0.15, 0.2) is 24.5 Å². The first-order valence-electron chi connectivity index (χ1n) is 8.70. The average Bonchev–Trinajstić information content (AvgIpc) is 3.08. The summed E-state index contributed by atoms with van der Waals surface area (Å²) in [7, 11) is 0. The number of aromatic nitrogens is 3. The maximum Gasteiger partial charge on any atom is 0.0641 e. The third-order valence-corrected chi connectivity index (χ3v) is 4.96. The lowest BCUT2D eigenvalue weighted by molar-refractivity contribution is 0.314. The quantitative estimate of drug-likeness (QED) is 0.847. The molecule has 1 unspecified atom stereocenters. The topological polar surface area (TPSA) is 34.0 Å². The van der Waals surface area contributed by atoms with E-state index in [2.05, 4.69) is 48.3 Å². The summed E-state index contributed by atoms with van der Waals surface area (Å²) >= 11 is 0. The minimum atomic E-state index is 0.430. The smallest absolute Gasteiger partial charge is 0.0641 e. The second-order valence-corrected chi connectivity index (χ2v) is 7.14. The summed E-state index contributed by atoms with van der Waals surface area (Å²) in [5.41, 5.74) is 5.29. The van der Waals surface area contributed by atoms with E-state index in [1.165, 1.54) is 42.0 Å². The van der Waals surface area contributed by atoms with E-state index in [0.29, 0.717) is 6.04 Å². The van der Waals surface area contributed by atoms with E-state index in [0.717, 1.165) is 18.9 Å². The summed E-state index contributed by atoms with van der Waals surface area (Å²) in [6.45, 7) is 12.2. The molecule has 1 aliphatic rings. The third-order valence-electron chi connectivity index (χ3n) is 4.96. The number of rotatable bonds is 5. The first-order valence-corrected chi connectivity index (χ1v) is 8.70. The van der Waals surface area contributed by atoms with Crippen LogP contribution >= 0.6 is 0 Å². The van der Waals surface area contributed by atoms with E-state index in [1.807, 2.05) is 18.5 Å². The minimum absolute atomic E-state index is 0.430. The van der Waals surface area contributed by atoms with Gasteiger partial charge in [-0.25, -0.2) is 0 Å². The largest absolute Gasteiger partial charge is 0.299 e. The summed E-state index contributed by atoms with van der Waals surface area (Å²) < 4.78 is 2.16. The summed E-state index contributed by atoms with van der Waals surface area (Å²) in [4.78, 5) is 6.82. The van der Waals surface area contributed by atoms with Crippen LogP contribution in [0, 0.1) is 19.8 Å². The molecule has 0 N–H and O–H groups in total. The van der Waals surface area contributed by atoms with Crippen LogP contribution in [-0.4, -0.2) is 32.8 Å². The van der Waals surface area contributed by atoms with Crippen LogP contribution in [0.4, 0.5) is 0 Å². The lowest BCUT2D eigenvalue weighted by atomic mass is 10.00. The second kappa shape index (κ2) is 6.83. The van der Waals surface area contributed by atoms with Gasteiger partial charge in [-0.3, -0.25) is 14.6 Å². The van der Waals surface area contributed by atoms with Gasteiger partial charge in [-0.2, -0.15) is 5.10 Å². The molecule has 2 aromatic rings. The van der Waals surface area contributed by atoms with Crippen LogP contribution < -0.4 is 0 Å². The van der Waals surface area contributed by atoms with Crippen LogP contribution in [-0.2, 0) is 13.0 Å². The van der Waals surface area contributed by atoms with Crippen molar-refractivity contribution in [1.82, 2.24) is 19.7 Å². The Balaban J connectivity index is 1.62. The number of hydrogen-bond donors (Lipinski definition) is 0. The molecule has 23 heavy (non-hydrogen) atoms. The highest BCUT2D eigenvalue weighted by molar-refractivity contribution is 5.25. The van der Waals surface area contributed by atoms with Gasteiger partial charge >= 0.3 is 0 Å². The van der Waals surface area contributed by atoms with Gasteiger partial charge in [0.25, 0.3) is 0 Å². The van der Waals surface area contributed by atoms with E-state index < -0.39 is 0 Å². The Morgan fingerprint density at radius 1 is 1.30 bits per heavy atom. The van der Waals surface area contributed by atoms with Crippen LogP contribution in [0.2, 0.25) is 0 Å². The zero-order valence-electron chi connectivity index (χ0n) is 14.8. The van der Waals surface area contributed by atoms with Gasteiger partial charge in [0.15, 0.2) is 0 Å². The first kappa shape index (κ1) is 16.2. The maximum atomic E-state index is 4.72. The van der Waals surface area contributed by atoms with Crippen molar-refractivity contribution >= 4 is 0 Å². The predicted octanol–water partition coefficient (Wildman–Crippen LogP) is 3.54. The van der Waals surface area contributed by atoms with Crippen LogP contribution in [0.3, 0.4) is 0 Å². The lowest BCUT2D eigenvalue weighted by Crippen LogP contribution is -2.21. The Morgan fingerprint density at radius 2 is 2.13 bits per heavy atom. The van der Waals surface area contributed by atoms with Gasteiger partial charge in [-0.15, -0.1) is 0 Å². The van der Waals surface area contributed by atoms with Crippen LogP contribution in [0.25, 0.3) is 0 Å². The summed E-state index contributed by atoms with van der Waals surface area (Å²) in [5.74, 6) is 0.750. The standard InChI is InChI=1S/C19H28N4/c1-14(2)23-16(4)19(15(3)21-23)13-22-9-7-18(12-22)10-17-6-5-8-20-11-17/h5-6,8,11,14,18H,7,9-10,12-13H2,1-4H3. The zero-order chi connectivity index (χ0) is 16.4. The van der Waals surface area contributed by atoms with Crippen molar-refractivity contribution in [2.45, 2.75) is 53.1 Å². The lowest BCUT2D eigenvalue weighted by Gasteiger charge is -2.17. The van der Waals surface area contributed by atoms with E-state index in [4.69, 9.17) is 5.10 Å². The molecule has 3 heterocycles. The number of nitrogens with zero attached hydrogens (tertiary/aromatic N) is 4. The molecule has 1 atom stereocenters. The van der Waals surface area contributed by atoms with Gasteiger partial charge in [0.2, 0.25) is 0 Å². The number of pyridine rings is 1. The van der Waals surface area contributed by atoms with Crippen molar-refractivity contribution in [2.24, 2.45) is 5.92 Å². The Hall–Kier alpha value is -1.68. The van der Waals surface area contributed by atoms with Crippen LogP contribution in [0.1, 0.15) is 48.8 Å². The minimum Gasteiger partial charge on any atom is -0.299 e. The Morgan fingerprint density at radius 3 is 2.78 bits per heavy atom. The van der Waals surface area contributed by atoms with Crippen LogP contribution in [0.5, 0.6) is 0 Å². The predicted molar refractivity (Wildman–Crippen MR) is 93.4 cm³/mol. The Kier molecular flexibility index (Phi) is 4.81. The summed E-state index contributed by atoms with van der Waals surface area (Å²) in [5, 5.41) is 4.72. The number of aryl methyl sites for hydroxylation is 1. The molecule has 1 fully saturated rings. The molecule has 1 saturated heterocycles. The maximum absolute atomic E-state index is 4.72. The van der Waals surface area contributed by atoms with Gasteiger partial charge in [0, 0.05) is 42.8 Å². The monoisotopic (exact) mass is 312 g/mol. The molecular weight excluding hydrogens is 284 g/mol. The molecule has 0 aromatic carbocycles. The molecule has 2 aromatic heterocycles. The fourth-order valence-electron chi connectivity index (χ4n) is 3.73. The molecule has 0 radical (unpaired) electrons. The van der Waals surface area contributed by atoms with Gasteiger partial charge in [0.1, 0.15) is 0 Å². The SMILES string of the molecule is Cc1nn(C(C)C)c(C)c1CN1CCC(Cc2cccnc2)C1. The summed E-state index contributed by atoms with van der Waals surface area (Å²) in [6.07, 6.45) is 6.28. The molecule has 0 amide bonds. The van der Waals surface area contributed by atoms with E-state index >= 15 is 0 Å². The first-order chi connectivity index (χ1) is 11.0. The van der Waals surface area contributed by atoms with Gasteiger partial charge in [0.05, 0.1) is 5.69 Å². The van der Waals surface area contributed by atoms with E-state index in [9.17, 15) is 0 Å².